The van der Waals surface area contributed by atoms with Crippen molar-refractivity contribution < 1.29 is 0 Å². The van der Waals surface area contributed by atoms with Crippen molar-refractivity contribution >= 4 is 23.2 Å². The minimum Gasteiger partial charge on any atom is -0.354 e. The summed E-state index contributed by atoms with van der Waals surface area (Å²) in [6.07, 6.45) is 7.97. The predicted octanol–water partition coefficient (Wildman–Crippen LogP) is 2.94. The molecule has 0 aromatic carbocycles. The lowest BCUT2D eigenvalue weighted by Gasteiger charge is -2.35. The van der Waals surface area contributed by atoms with Crippen LogP contribution in [0.2, 0.25) is 5.15 Å². The molecular weight excluding hydrogens is 262 g/mol. The Morgan fingerprint density at radius 2 is 2.16 bits per heavy atom. The number of halogens is 1. The van der Waals surface area contributed by atoms with Crippen molar-refractivity contribution in [1.29, 1.82) is 0 Å². The first-order valence-corrected chi connectivity index (χ1v) is 7.30. The van der Waals surface area contributed by atoms with Crippen LogP contribution in [0.3, 0.4) is 0 Å². The summed E-state index contributed by atoms with van der Waals surface area (Å²) in [4.78, 5) is 10.7. The van der Waals surface area contributed by atoms with E-state index in [1.807, 2.05) is 6.07 Å². The van der Waals surface area contributed by atoms with Crippen molar-refractivity contribution in [3.63, 3.8) is 0 Å². The molecule has 1 saturated carbocycles. The van der Waals surface area contributed by atoms with Gasteiger partial charge in [0.25, 0.3) is 5.78 Å². The second kappa shape index (κ2) is 5.33. The summed E-state index contributed by atoms with van der Waals surface area (Å²) in [5, 5.41) is 4.74. The molecule has 0 saturated heterocycles. The molecule has 0 amide bonds. The molecule has 0 spiro atoms. The highest BCUT2D eigenvalue weighted by Gasteiger charge is 2.23. The van der Waals surface area contributed by atoms with Crippen LogP contribution in [0.5, 0.6) is 0 Å². The molecule has 0 unspecified atom stereocenters. The van der Waals surface area contributed by atoms with Gasteiger partial charge in [-0.25, -0.2) is 0 Å². The lowest BCUT2D eigenvalue weighted by molar-refractivity contribution is 0.414. The number of anilines is 1. The molecule has 1 fully saturated rings. The monoisotopic (exact) mass is 279 g/mol. The van der Waals surface area contributed by atoms with Gasteiger partial charge >= 0.3 is 0 Å². The number of hydrogen-bond donors (Lipinski definition) is 0. The third-order valence-electron chi connectivity index (χ3n) is 3.85. The van der Waals surface area contributed by atoms with Crippen LogP contribution in [-0.4, -0.2) is 32.2 Å². The van der Waals surface area contributed by atoms with E-state index in [1.54, 1.807) is 4.52 Å². The Labute approximate surface area is 117 Å². The number of fused-ring (bicyclic) bond motifs is 1. The minimum absolute atomic E-state index is 0.477. The Hall–Kier alpha value is -1.36. The van der Waals surface area contributed by atoms with E-state index in [4.69, 9.17) is 11.6 Å². The molecule has 19 heavy (non-hydrogen) atoms. The molecule has 2 heterocycles. The molecule has 3 rings (SSSR count). The summed E-state index contributed by atoms with van der Waals surface area (Å²) in [5.74, 6) is 1.57. The second-order valence-corrected chi connectivity index (χ2v) is 5.37. The molecule has 6 heteroatoms. The first-order valence-electron chi connectivity index (χ1n) is 6.92. The number of nitrogens with zero attached hydrogens (tertiary/aromatic N) is 5. The van der Waals surface area contributed by atoms with E-state index in [2.05, 4.69) is 26.9 Å². The number of hydrogen-bond acceptors (Lipinski definition) is 4. The van der Waals surface area contributed by atoms with Gasteiger partial charge in [-0.2, -0.15) is 19.6 Å². The van der Waals surface area contributed by atoms with Crippen LogP contribution in [0.15, 0.2) is 12.4 Å². The van der Waals surface area contributed by atoms with E-state index in [9.17, 15) is 0 Å². The van der Waals surface area contributed by atoms with Crippen LogP contribution in [0.25, 0.3) is 5.78 Å². The molecule has 102 valence electrons. The zero-order valence-corrected chi connectivity index (χ0v) is 11.8. The molecular formula is C13H18ClN5. The lowest BCUT2D eigenvalue weighted by Crippen LogP contribution is -2.38. The van der Waals surface area contributed by atoms with Gasteiger partial charge in [-0.05, 0) is 19.8 Å². The fraction of sp³-hybridized carbons (Fsp3) is 0.615. The zero-order chi connectivity index (χ0) is 13.2. The van der Waals surface area contributed by atoms with Crippen LogP contribution in [0.1, 0.15) is 39.0 Å². The smallest absolute Gasteiger partial charge is 0.255 e. The number of rotatable bonds is 3. The fourth-order valence-corrected chi connectivity index (χ4v) is 3.15. The Morgan fingerprint density at radius 1 is 1.37 bits per heavy atom. The SMILES string of the molecule is CCN(c1cc(Cl)nc2ncnn12)C1CCCCC1. The van der Waals surface area contributed by atoms with Crippen LogP contribution < -0.4 is 4.90 Å². The zero-order valence-electron chi connectivity index (χ0n) is 11.1. The lowest BCUT2D eigenvalue weighted by atomic mass is 9.94. The summed E-state index contributed by atoms with van der Waals surface area (Å²) in [7, 11) is 0. The van der Waals surface area contributed by atoms with Gasteiger partial charge in [0.05, 0.1) is 0 Å². The molecule has 0 atom stereocenters. The van der Waals surface area contributed by atoms with Gasteiger partial charge in [0.1, 0.15) is 17.3 Å². The van der Waals surface area contributed by atoms with E-state index in [-0.39, 0.29) is 0 Å². The van der Waals surface area contributed by atoms with Crippen molar-refractivity contribution in [3.8, 4) is 0 Å². The van der Waals surface area contributed by atoms with Gasteiger partial charge in [0.2, 0.25) is 0 Å². The average Bonchev–Trinajstić information content (AvgIpc) is 2.89. The van der Waals surface area contributed by atoms with Crippen molar-refractivity contribution in [2.24, 2.45) is 0 Å². The van der Waals surface area contributed by atoms with Crippen LogP contribution in [0.4, 0.5) is 5.82 Å². The Kier molecular flexibility index (Phi) is 3.55. The maximum absolute atomic E-state index is 6.10. The molecule has 0 N–H and O–H groups in total. The highest BCUT2D eigenvalue weighted by atomic mass is 35.5. The topological polar surface area (TPSA) is 46.3 Å². The van der Waals surface area contributed by atoms with E-state index in [0.717, 1.165) is 12.4 Å². The van der Waals surface area contributed by atoms with Crippen molar-refractivity contribution in [2.45, 2.75) is 45.1 Å². The Bertz CT molecular complexity index is 561. The molecule has 2 aromatic heterocycles. The normalized spacial score (nSPS) is 16.9. The minimum atomic E-state index is 0.477. The Balaban J connectivity index is 2.02. The maximum Gasteiger partial charge on any atom is 0.255 e. The molecule has 0 bridgehead atoms. The van der Waals surface area contributed by atoms with Gasteiger partial charge in [-0.3, -0.25) is 0 Å². The highest BCUT2D eigenvalue weighted by Crippen LogP contribution is 2.28. The third kappa shape index (κ3) is 2.39. The predicted molar refractivity (Wildman–Crippen MR) is 75.7 cm³/mol. The van der Waals surface area contributed by atoms with Gasteiger partial charge in [-0.15, -0.1) is 0 Å². The maximum atomic E-state index is 6.10. The molecule has 0 aliphatic heterocycles. The molecule has 1 aliphatic carbocycles. The average molecular weight is 280 g/mol. The Morgan fingerprint density at radius 3 is 2.89 bits per heavy atom. The highest BCUT2D eigenvalue weighted by molar-refractivity contribution is 6.29. The summed E-state index contributed by atoms with van der Waals surface area (Å²) < 4.78 is 1.78. The van der Waals surface area contributed by atoms with Gasteiger partial charge in [0, 0.05) is 18.7 Å². The number of aromatic nitrogens is 4. The van der Waals surface area contributed by atoms with E-state index >= 15 is 0 Å². The summed E-state index contributed by atoms with van der Waals surface area (Å²) in [5.41, 5.74) is 0. The van der Waals surface area contributed by atoms with E-state index in [1.165, 1.54) is 38.4 Å². The summed E-state index contributed by atoms with van der Waals surface area (Å²) >= 11 is 6.10. The van der Waals surface area contributed by atoms with Crippen LogP contribution in [0, 0.1) is 0 Å². The van der Waals surface area contributed by atoms with Crippen molar-refractivity contribution in [3.05, 3.63) is 17.5 Å². The summed E-state index contributed by atoms with van der Waals surface area (Å²) in [6.45, 7) is 3.12. The molecule has 1 aliphatic rings. The van der Waals surface area contributed by atoms with Gasteiger partial charge < -0.3 is 4.90 Å². The third-order valence-corrected chi connectivity index (χ3v) is 4.05. The molecule has 5 nitrogen and oxygen atoms in total. The largest absolute Gasteiger partial charge is 0.354 e. The van der Waals surface area contributed by atoms with Crippen molar-refractivity contribution in [2.75, 3.05) is 11.4 Å². The summed E-state index contributed by atoms with van der Waals surface area (Å²) in [6, 6.07) is 2.46. The molecule has 0 radical (unpaired) electrons. The van der Waals surface area contributed by atoms with E-state index < -0.39 is 0 Å². The van der Waals surface area contributed by atoms with Gasteiger partial charge in [-0.1, -0.05) is 30.9 Å². The van der Waals surface area contributed by atoms with Gasteiger partial charge in [0.15, 0.2) is 0 Å². The molecule has 2 aromatic rings. The van der Waals surface area contributed by atoms with Crippen LogP contribution >= 0.6 is 11.6 Å². The first kappa shape index (κ1) is 12.7. The fourth-order valence-electron chi connectivity index (χ4n) is 2.97. The first-order chi connectivity index (χ1) is 9.29. The standard InChI is InChI=1S/C13H18ClN5/c1-2-18(10-6-4-3-5-7-10)12-8-11(14)17-13-15-9-16-19(12)13/h8-10H,2-7H2,1H3. The van der Waals surface area contributed by atoms with Crippen molar-refractivity contribution in [1.82, 2.24) is 19.6 Å². The second-order valence-electron chi connectivity index (χ2n) is 4.99. The van der Waals surface area contributed by atoms with Crippen LogP contribution in [-0.2, 0) is 0 Å². The quantitative estimate of drug-likeness (QED) is 0.811. The van der Waals surface area contributed by atoms with E-state index in [0.29, 0.717) is 17.0 Å².